The Morgan fingerprint density at radius 1 is 0.889 bits per heavy atom. The first-order valence-corrected chi connectivity index (χ1v) is 10.8. The van der Waals surface area contributed by atoms with Gasteiger partial charge in [-0.05, 0) is 79.5 Å². The molecule has 0 saturated heterocycles. The van der Waals surface area contributed by atoms with Gasteiger partial charge in [-0.2, -0.15) is 0 Å². The van der Waals surface area contributed by atoms with E-state index in [1.54, 1.807) is 0 Å². The molecule has 4 bridgehead atoms. The van der Waals surface area contributed by atoms with Crippen LogP contribution in [0.2, 0.25) is 5.02 Å². The molecule has 2 aromatic rings. The van der Waals surface area contributed by atoms with Crippen LogP contribution in [0.4, 0.5) is 0 Å². The third-order valence-electron chi connectivity index (χ3n) is 7.01. The minimum Gasteiger partial charge on any atom is -0.489 e. The maximum Gasteiger partial charge on any atom is 0.124 e. The summed E-state index contributed by atoms with van der Waals surface area (Å²) in [6.07, 6.45) is 7.34. The summed E-state index contributed by atoms with van der Waals surface area (Å²) in [4.78, 5) is 0. The number of para-hydroxylation sites is 1. The molecule has 4 aliphatic carbocycles. The molecule has 0 spiro atoms. The summed E-state index contributed by atoms with van der Waals surface area (Å²) < 4.78 is 6.14. The molecule has 27 heavy (non-hydrogen) atoms. The van der Waals surface area contributed by atoms with E-state index in [1.807, 2.05) is 18.2 Å². The molecule has 4 aliphatic rings. The molecule has 0 unspecified atom stereocenters. The normalized spacial score (nSPS) is 31.2. The number of benzene rings is 2. The Hall–Kier alpha value is -1.51. The average molecular weight is 382 g/mol. The van der Waals surface area contributed by atoms with E-state index in [1.165, 1.54) is 37.7 Å². The molecule has 6 rings (SSSR count). The van der Waals surface area contributed by atoms with Crippen molar-refractivity contribution in [3.63, 3.8) is 0 Å². The number of rotatable bonds is 6. The molecule has 2 aromatic carbocycles. The van der Waals surface area contributed by atoms with Gasteiger partial charge in [0, 0.05) is 23.2 Å². The Bertz CT molecular complexity index is 776. The molecule has 4 fully saturated rings. The number of nitrogens with one attached hydrogen (secondary N) is 1. The Morgan fingerprint density at radius 2 is 1.63 bits per heavy atom. The van der Waals surface area contributed by atoms with Crippen LogP contribution in [0.1, 0.15) is 43.2 Å². The predicted molar refractivity (Wildman–Crippen MR) is 110 cm³/mol. The van der Waals surface area contributed by atoms with E-state index in [0.717, 1.165) is 46.6 Å². The summed E-state index contributed by atoms with van der Waals surface area (Å²) in [5, 5.41) is 4.68. The summed E-state index contributed by atoms with van der Waals surface area (Å²) in [5.41, 5.74) is 2.36. The molecule has 1 N–H and O–H groups in total. The van der Waals surface area contributed by atoms with Crippen LogP contribution >= 0.6 is 11.6 Å². The van der Waals surface area contributed by atoms with Crippen molar-refractivity contribution in [2.24, 2.45) is 23.7 Å². The SMILES string of the molecule is Clc1cccc(COc2ccccc2CNC2C3CC4CC(C3)CC2C4)c1. The third kappa shape index (κ3) is 3.75. The maximum atomic E-state index is 6.14. The number of hydrogen-bond acceptors (Lipinski definition) is 2. The van der Waals surface area contributed by atoms with E-state index in [2.05, 4.69) is 35.6 Å². The van der Waals surface area contributed by atoms with Crippen molar-refractivity contribution in [1.82, 2.24) is 5.32 Å². The molecule has 142 valence electrons. The zero-order chi connectivity index (χ0) is 18.2. The fourth-order valence-corrected chi connectivity index (χ4v) is 6.28. The van der Waals surface area contributed by atoms with Crippen molar-refractivity contribution >= 4 is 11.6 Å². The monoisotopic (exact) mass is 381 g/mol. The molecule has 0 atom stereocenters. The Balaban J connectivity index is 1.23. The standard InChI is InChI=1S/C24H28ClNO/c25-22-6-3-4-16(13-22)15-27-23-7-2-1-5-19(23)14-26-24-20-9-17-8-18(11-20)12-21(24)10-17/h1-7,13,17-18,20-21,24,26H,8-12,14-15H2. The third-order valence-corrected chi connectivity index (χ3v) is 7.25. The highest BCUT2D eigenvalue weighted by Gasteiger charge is 2.47. The van der Waals surface area contributed by atoms with Crippen LogP contribution in [0.25, 0.3) is 0 Å². The molecular formula is C24H28ClNO. The first-order valence-electron chi connectivity index (χ1n) is 10.4. The summed E-state index contributed by atoms with van der Waals surface area (Å²) in [7, 11) is 0. The van der Waals surface area contributed by atoms with Crippen molar-refractivity contribution in [2.45, 2.75) is 51.3 Å². The highest BCUT2D eigenvalue weighted by Crippen LogP contribution is 2.53. The molecule has 0 amide bonds. The predicted octanol–water partition coefficient (Wildman–Crippen LogP) is 5.83. The molecule has 0 heterocycles. The number of halogens is 1. The van der Waals surface area contributed by atoms with Gasteiger partial charge in [0.2, 0.25) is 0 Å². The first kappa shape index (κ1) is 17.6. The van der Waals surface area contributed by atoms with Crippen molar-refractivity contribution in [3.05, 3.63) is 64.7 Å². The lowest BCUT2D eigenvalue weighted by atomic mass is 9.54. The van der Waals surface area contributed by atoms with E-state index in [9.17, 15) is 0 Å². The second kappa shape index (κ2) is 7.48. The number of ether oxygens (including phenoxy) is 1. The zero-order valence-electron chi connectivity index (χ0n) is 15.7. The second-order valence-corrected chi connectivity index (χ2v) is 9.30. The van der Waals surface area contributed by atoms with Gasteiger partial charge in [-0.25, -0.2) is 0 Å². The highest BCUT2D eigenvalue weighted by atomic mass is 35.5. The first-order chi connectivity index (χ1) is 13.2. The van der Waals surface area contributed by atoms with Crippen LogP contribution in [0.3, 0.4) is 0 Å². The molecule has 2 nitrogen and oxygen atoms in total. The molecule has 4 saturated carbocycles. The van der Waals surface area contributed by atoms with E-state index < -0.39 is 0 Å². The Labute approximate surface area is 167 Å². The average Bonchev–Trinajstić information content (AvgIpc) is 2.66. The lowest BCUT2D eigenvalue weighted by Gasteiger charge is -2.54. The lowest BCUT2D eigenvalue weighted by molar-refractivity contribution is -0.0143. The van der Waals surface area contributed by atoms with Gasteiger partial charge in [0.1, 0.15) is 12.4 Å². The van der Waals surface area contributed by atoms with Crippen molar-refractivity contribution in [3.8, 4) is 5.75 Å². The van der Waals surface area contributed by atoms with Gasteiger partial charge >= 0.3 is 0 Å². The van der Waals surface area contributed by atoms with Crippen molar-refractivity contribution in [1.29, 1.82) is 0 Å². The molecule has 3 heteroatoms. The summed E-state index contributed by atoms with van der Waals surface area (Å²) in [6.45, 7) is 1.45. The van der Waals surface area contributed by atoms with E-state index in [0.29, 0.717) is 12.6 Å². The van der Waals surface area contributed by atoms with Crippen LogP contribution in [-0.2, 0) is 13.2 Å². The van der Waals surface area contributed by atoms with E-state index in [-0.39, 0.29) is 0 Å². The Kier molecular flexibility index (Phi) is 4.87. The van der Waals surface area contributed by atoms with Crippen molar-refractivity contribution < 1.29 is 4.74 Å². The number of hydrogen-bond donors (Lipinski definition) is 1. The smallest absolute Gasteiger partial charge is 0.124 e. The van der Waals surface area contributed by atoms with Gasteiger partial charge in [0.15, 0.2) is 0 Å². The molecule has 0 aliphatic heterocycles. The van der Waals surface area contributed by atoms with Gasteiger partial charge in [-0.3, -0.25) is 0 Å². The fraction of sp³-hybridized carbons (Fsp3) is 0.500. The van der Waals surface area contributed by atoms with Crippen LogP contribution in [-0.4, -0.2) is 6.04 Å². The van der Waals surface area contributed by atoms with Crippen LogP contribution in [0.5, 0.6) is 5.75 Å². The topological polar surface area (TPSA) is 21.3 Å². The van der Waals surface area contributed by atoms with Gasteiger partial charge in [-0.15, -0.1) is 0 Å². The Morgan fingerprint density at radius 3 is 2.37 bits per heavy atom. The minimum atomic E-state index is 0.551. The quantitative estimate of drug-likeness (QED) is 0.679. The van der Waals surface area contributed by atoms with Crippen LogP contribution < -0.4 is 10.1 Å². The van der Waals surface area contributed by atoms with E-state index >= 15 is 0 Å². The largest absolute Gasteiger partial charge is 0.489 e. The van der Waals surface area contributed by atoms with Crippen LogP contribution in [0, 0.1) is 23.7 Å². The summed E-state index contributed by atoms with van der Waals surface area (Å²) >= 11 is 6.09. The molecular weight excluding hydrogens is 354 g/mol. The van der Waals surface area contributed by atoms with Crippen molar-refractivity contribution in [2.75, 3.05) is 0 Å². The molecule has 0 aromatic heterocycles. The second-order valence-electron chi connectivity index (χ2n) is 8.86. The van der Waals surface area contributed by atoms with E-state index in [4.69, 9.17) is 16.3 Å². The van der Waals surface area contributed by atoms with Gasteiger partial charge in [0.25, 0.3) is 0 Å². The fourth-order valence-electron chi connectivity index (χ4n) is 6.06. The highest BCUT2D eigenvalue weighted by molar-refractivity contribution is 6.30. The van der Waals surface area contributed by atoms with Gasteiger partial charge < -0.3 is 10.1 Å². The zero-order valence-corrected chi connectivity index (χ0v) is 16.5. The minimum absolute atomic E-state index is 0.551. The van der Waals surface area contributed by atoms with Gasteiger partial charge in [-0.1, -0.05) is 41.9 Å². The maximum absolute atomic E-state index is 6.14. The lowest BCUT2D eigenvalue weighted by Crippen LogP contribution is -2.54. The molecule has 0 radical (unpaired) electrons. The summed E-state index contributed by atoms with van der Waals surface area (Å²) in [6, 6.07) is 17.0. The summed E-state index contributed by atoms with van der Waals surface area (Å²) in [5.74, 6) is 4.84. The van der Waals surface area contributed by atoms with Crippen LogP contribution in [0.15, 0.2) is 48.5 Å². The van der Waals surface area contributed by atoms with Gasteiger partial charge in [0.05, 0.1) is 0 Å².